The van der Waals surface area contributed by atoms with E-state index in [4.69, 9.17) is 14.0 Å². The number of hydrogen-bond donors (Lipinski definition) is 0. The first kappa shape index (κ1) is 15.0. The van der Waals surface area contributed by atoms with Gasteiger partial charge in [-0.15, -0.1) is 0 Å². The molecule has 0 N–H and O–H groups in total. The summed E-state index contributed by atoms with van der Waals surface area (Å²) in [5.74, 6) is -1.81. The number of nitrogens with zero attached hydrogens (tertiary/aromatic N) is 2. The Hall–Kier alpha value is -2.96. The zero-order chi connectivity index (χ0) is 16.6. The van der Waals surface area contributed by atoms with E-state index < -0.39 is 17.7 Å². The Bertz CT molecular complexity index is 797. The van der Waals surface area contributed by atoms with E-state index in [1.807, 2.05) is 0 Å². The predicted molar refractivity (Wildman–Crippen MR) is 78.7 cm³/mol. The molecule has 0 atom stereocenters. The van der Waals surface area contributed by atoms with Crippen LogP contribution >= 0.6 is 0 Å². The number of esters is 2. The second kappa shape index (κ2) is 5.35. The van der Waals surface area contributed by atoms with Gasteiger partial charge >= 0.3 is 11.9 Å². The number of cyclic esters (lactones) is 2. The van der Waals surface area contributed by atoms with E-state index in [1.165, 1.54) is 19.9 Å². The average molecular weight is 314 g/mol. The highest BCUT2D eigenvalue weighted by molar-refractivity contribution is 6.18. The van der Waals surface area contributed by atoms with E-state index in [1.54, 1.807) is 31.2 Å². The van der Waals surface area contributed by atoms with Crippen molar-refractivity contribution in [2.75, 3.05) is 0 Å². The molecule has 1 aliphatic rings. The minimum absolute atomic E-state index is 0.164. The third kappa shape index (κ3) is 3.13. The van der Waals surface area contributed by atoms with Gasteiger partial charge in [0.05, 0.1) is 0 Å². The van der Waals surface area contributed by atoms with Crippen LogP contribution in [-0.4, -0.2) is 27.9 Å². The maximum absolute atomic E-state index is 12.0. The monoisotopic (exact) mass is 314 g/mol. The lowest BCUT2D eigenvalue weighted by molar-refractivity contribution is -0.222. The van der Waals surface area contributed by atoms with Crippen molar-refractivity contribution in [2.45, 2.75) is 26.6 Å². The molecular formula is C16H14N2O5. The fourth-order valence-electron chi connectivity index (χ4n) is 2.12. The van der Waals surface area contributed by atoms with Crippen LogP contribution < -0.4 is 0 Å². The molecule has 0 saturated carbocycles. The molecule has 1 fully saturated rings. The molecule has 1 aromatic heterocycles. The fraction of sp³-hybridized carbons (Fsp3) is 0.250. The van der Waals surface area contributed by atoms with Crippen LogP contribution in [0.25, 0.3) is 17.5 Å². The molecular weight excluding hydrogens is 300 g/mol. The summed E-state index contributed by atoms with van der Waals surface area (Å²) in [6.45, 7) is 4.71. The van der Waals surface area contributed by atoms with Crippen LogP contribution in [0.15, 0.2) is 34.4 Å². The first-order valence-electron chi connectivity index (χ1n) is 6.93. The molecule has 0 spiro atoms. The highest BCUT2D eigenvalue weighted by atomic mass is 16.7. The lowest BCUT2D eigenvalue weighted by Crippen LogP contribution is -2.41. The molecule has 2 aromatic rings. The summed E-state index contributed by atoms with van der Waals surface area (Å²) in [5.41, 5.74) is 1.13. The van der Waals surface area contributed by atoms with Crippen molar-refractivity contribution in [3.63, 3.8) is 0 Å². The Kier molecular flexibility index (Phi) is 3.48. The van der Waals surface area contributed by atoms with E-state index >= 15 is 0 Å². The SMILES string of the molecule is Cc1noc(-c2cccc(C=C3C(=O)OC(C)(C)OC3=O)c2)n1. The fourth-order valence-corrected chi connectivity index (χ4v) is 2.12. The molecule has 3 rings (SSSR count). The van der Waals surface area contributed by atoms with Gasteiger partial charge in [-0.05, 0) is 30.7 Å². The number of carbonyl (C=O) groups is 2. The molecule has 0 unspecified atom stereocenters. The smallest absolute Gasteiger partial charge is 0.348 e. The van der Waals surface area contributed by atoms with Crippen LogP contribution in [0.1, 0.15) is 25.2 Å². The van der Waals surface area contributed by atoms with Crippen molar-refractivity contribution in [2.24, 2.45) is 0 Å². The molecule has 0 bridgehead atoms. The summed E-state index contributed by atoms with van der Waals surface area (Å²) in [6, 6.07) is 7.00. The van der Waals surface area contributed by atoms with Gasteiger partial charge in [0.15, 0.2) is 5.82 Å². The van der Waals surface area contributed by atoms with Crippen molar-refractivity contribution in [3.8, 4) is 11.5 Å². The maximum Gasteiger partial charge on any atom is 0.348 e. The van der Waals surface area contributed by atoms with Gasteiger partial charge in [0, 0.05) is 19.4 Å². The number of aromatic nitrogens is 2. The zero-order valence-electron chi connectivity index (χ0n) is 12.8. The van der Waals surface area contributed by atoms with Crippen LogP contribution in [-0.2, 0) is 19.1 Å². The van der Waals surface area contributed by atoms with Gasteiger partial charge in [-0.25, -0.2) is 9.59 Å². The first-order valence-corrected chi connectivity index (χ1v) is 6.93. The second-order valence-corrected chi connectivity index (χ2v) is 5.51. The van der Waals surface area contributed by atoms with Gasteiger partial charge in [0.1, 0.15) is 5.57 Å². The Morgan fingerprint density at radius 3 is 2.43 bits per heavy atom. The number of ether oxygens (including phenoxy) is 2. The Morgan fingerprint density at radius 1 is 1.13 bits per heavy atom. The normalized spacial score (nSPS) is 16.7. The first-order chi connectivity index (χ1) is 10.8. The minimum Gasteiger partial charge on any atom is -0.419 e. The molecule has 1 saturated heterocycles. The van der Waals surface area contributed by atoms with Crippen LogP contribution in [0.3, 0.4) is 0 Å². The van der Waals surface area contributed by atoms with Crippen LogP contribution in [0.4, 0.5) is 0 Å². The number of benzene rings is 1. The third-order valence-corrected chi connectivity index (χ3v) is 3.09. The molecule has 7 heteroatoms. The molecule has 0 aliphatic carbocycles. The molecule has 1 aromatic carbocycles. The summed E-state index contributed by atoms with van der Waals surface area (Å²) in [7, 11) is 0. The second-order valence-electron chi connectivity index (χ2n) is 5.51. The molecule has 23 heavy (non-hydrogen) atoms. The maximum atomic E-state index is 12.0. The lowest BCUT2D eigenvalue weighted by Gasteiger charge is -2.29. The van der Waals surface area contributed by atoms with Crippen molar-refractivity contribution in [3.05, 3.63) is 41.2 Å². The predicted octanol–water partition coefficient (Wildman–Crippen LogP) is 2.26. The highest BCUT2D eigenvalue weighted by Crippen LogP contribution is 2.25. The summed E-state index contributed by atoms with van der Waals surface area (Å²) >= 11 is 0. The highest BCUT2D eigenvalue weighted by Gasteiger charge is 2.38. The van der Waals surface area contributed by atoms with Crippen LogP contribution in [0.2, 0.25) is 0 Å². The summed E-state index contributed by atoms with van der Waals surface area (Å²) < 4.78 is 15.2. The summed E-state index contributed by atoms with van der Waals surface area (Å²) in [5, 5.41) is 3.73. The van der Waals surface area contributed by atoms with E-state index in [-0.39, 0.29) is 5.57 Å². The summed E-state index contributed by atoms with van der Waals surface area (Å²) in [6.07, 6.45) is 1.41. The molecule has 1 aliphatic heterocycles. The topological polar surface area (TPSA) is 91.5 Å². The average Bonchev–Trinajstić information content (AvgIpc) is 2.89. The van der Waals surface area contributed by atoms with Gasteiger partial charge < -0.3 is 14.0 Å². The van der Waals surface area contributed by atoms with Gasteiger partial charge in [0.25, 0.3) is 11.7 Å². The van der Waals surface area contributed by atoms with E-state index in [0.29, 0.717) is 22.8 Å². The van der Waals surface area contributed by atoms with Gasteiger partial charge in [-0.2, -0.15) is 4.98 Å². The van der Waals surface area contributed by atoms with Crippen molar-refractivity contribution >= 4 is 18.0 Å². The number of aryl methyl sites for hydroxylation is 1. The summed E-state index contributed by atoms with van der Waals surface area (Å²) in [4.78, 5) is 28.0. The standard InChI is InChI=1S/C16H14N2O5/c1-9-17-13(23-18-9)11-6-4-5-10(7-11)8-12-14(19)21-16(2,3)22-15(12)20/h4-8H,1-3H3. The van der Waals surface area contributed by atoms with Crippen molar-refractivity contribution in [1.82, 2.24) is 10.1 Å². The van der Waals surface area contributed by atoms with E-state index in [9.17, 15) is 9.59 Å². The number of hydrogen-bond acceptors (Lipinski definition) is 7. The third-order valence-electron chi connectivity index (χ3n) is 3.09. The lowest BCUT2D eigenvalue weighted by atomic mass is 10.1. The number of rotatable bonds is 2. The van der Waals surface area contributed by atoms with Crippen LogP contribution in [0.5, 0.6) is 0 Å². The molecule has 0 radical (unpaired) electrons. The van der Waals surface area contributed by atoms with Gasteiger partial charge in [0.2, 0.25) is 0 Å². The molecule has 7 nitrogen and oxygen atoms in total. The quantitative estimate of drug-likeness (QED) is 0.477. The van der Waals surface area contributed by atoms with Gasteiger partial charge in [-0.1, -0.05) is 17.3 Å². The largest absolute Gasteiger partial charge is 0.419 e. The molecule has 0 amide bonds. The minimum atomic E-state index is -1.26. The van der Waals surface area contributed by atoms with E-state index in [0.717, 1.165) is 0 Å². The Balaban J connectivity index is 1.94. The Labute approximate surface area is 131 Å². The molecule has 2 heterocycles. The molecule has 118 valence electrons. The van der Waals surface area contributed by atoms with E-state index in [2.05, 4.69) is 10.1 Å². The zero-order valence-corrected chi connectivity index (χ0v) is 12.8. The Morgan fingerprint density at radius 2 is 1.83 bits per heavy atom. The van der Waals surface area contributed by atoms with Crippen LogP contribution in [0, 0.1) is 6.92 Å². The van der Waals surface area contributed by atoms with Crippen molar-refractivity contribution < 1.29 is 23.6 Å². The number of carbonyl (C=O) groups excluding carboxylic acids is 2. The van der Waals surface area contributed by atoms with Crippen molar-refractivity contribution in [1.29, 1.82) is 0 Å². The van der Waals surface area contributed by atoms with Gasteiger partial charge in [-0.3, -0.25) is 0 Å².